The van der Waals surface area contributed by atoms with Gasteiger partial charge in [0.15, 0.2) is 0 Å². The Hall–Kier alpha value is -0.0800. The third-order valence-electron chi connectivity index (χ3n) is 3.20. The van der Waals surface area contributed by atoms with Gasteiger partial charge in [-0.25, -0.2) is 0 Å². The lowest BCUT2D eigenvalue weighted by Gasteiger charge is -2.18. The normalized spacial score (nSPS) is 37.8. The molecule has 1 aliphatic heterocycles. The van der Waals surface area contributed by atoms with E-state index >= 15 is 0 Å². The van der Waals surface area contributed by atoms with Crippen molar-refractivity contribution in [2.45, 2.75) is 19.8 Å². The number of hydrogen-bond acceptors (Lipinski definition) is 2. The highest BCUT2D eigenvalue weighted by molar-refractivity contribution is 4.85. The van der Waals surface area contributed by atoms with E-state index in [9.17, 15) is 0 Å². The first-order valence-electron chi connectivity index (χ1n) is 5.29. The Morgan fingerprint density at radius 3 is 2.92 bits per heavy atom. The first kappa shape index (κ1) is 8.52. The van der Waals surface area contributed by atoms with Crippen molar-refractivity contribution in [3.63, 3.8) is 0 Å². The number of nitrogens with zero attached hydrogens (tertiary/aromatic N) is 1. The Morgan fingerprint density at radius 2 is 2.17 bits per heavy atom. The van der Waals surface area contributed by atoms with Crippen LogP contribution in [0.2, 0.25) is 0 Å². The second kappa shape index (κ2) is 3.75. The van der Waals surface area contributed by atoms with Crippen molar-refractivity contribution in [1.29, 1.82) is 0 Å². The monoisotopic (exact) mass is 168 g/mol. The van der Waals surface area contributed by atoms with Gasteiger partial charge in [-0.1, -0.05) is 6.92 Å². The highest BCUT2D eigenvalue weighted by Gasteiger charge is 2.33. The standard InChI is InChI=1S/C10H20N2/c1-9-7-10(9)8-12-5-2-3-11-4-6-12/h9-11H,2-8H2,1H3/t9-,10-/m0/s1. The molecule has 1 saturated carbocycles. The molecule has 2 aliphatic rings. The molecule has 1 aliphatic carbocycles. The lowest BCUT2D eigenvalue weighted by molar-refractivity contribution is 0.276. The number of hydrogen-bond donors (Lipinski definition) is 1. The minimum Gasteiger partial charge on any atom is -0.315 e. The third kappa shape index (κ3) is 2.20. The molecular weight excluding hydrogens is 148 g/mol. The van der Waals surface area contributed by atoms with Crippen LogP contribution in [0.4, 0.5) is 0 Å². The zero-order valence-electron chi connectivity index (χ0n) is 8.05. The maximum absolute atomic E-state index is 3.44. The van der Waals surface area contributed by atoms with Crippen LogP contribution in [0.5, 0.6) is 0 Å². The maximum Gasteiger partial charge on any atom is 0.0107 e. The summed E-state index contributed by atoms with van der Waals surface area (Å²) in [6.45, 7) is 8.74. The van der Waals surface area contributed by atoms with E-state index in [4.69, 9.17) is 0 Å². The molecule has 1 saturated heterocycles. The van der Waals surface area contributed by atoms with Gasteiger partial charge in [0.1, 0.15) is 0 Å². The smallest absolute Gasteiger partial charge is 0.0107 e. The largest absolute Gasteiger partial charge is 0.315 e. The van der Waals surface area contributed by atoms with Crippen LogP contribution in [-0.4, -0.2) is 37.6 Å². The Labute approximate surface area is 75.3 Å². The van der Waals surface area contributed by atoms with Crippen molar-refractivity contribution in [1.82, 2.24) is 10.2 Å². The van der Waals surface area contributed by atoms with Crippen LogP contribution < -0.4 is 5.32 Å². The minimum absolute atomic E-state index is 1.02. The van der Waals surface area contributed by atoms with Crippen molar-refractivity contribution in [3.05, 3.63) is 0 Å². The number of nitrogens with one attached hydrogen (secondary N) is 1. The predicted octanol–water partition coefficient (Wildman–Crippen LogP) is 0.938. The molecule has 2 rings (SSSR count). The van der Waals surface area contributed by atoms with Crippen LogP contribution >= 0.6 is 0 Å². The van der Waals surface area contributed by atoms with Gasteiger partial charge in [0.2, 0.25) is 0 Å². The zero-order valence-corrected chi connectivity index (χ0v) is 8.05. The molecular formula is C10H20N2. The SMILES string of the molecule is C[C@H]1C[C@H]1CN1CCCNCC1. The Morgan fingerprint density at radius 1 is 1.33 bits per heavy atom. The highest BCUT2D eigenvalue weighted by atomic mass is 15.2. The van der Waals surface area contributed by atoms with Gasteiger partial charge in [0.05, 0.1) is 0 Å². The van der Waals surface area contributed by atoms with Crippen LogP contribution in [0.3, 0.4) is 0 Å². The average molecular weight is 168 g/mol. The fourth-order valence-corrected chi connectivity index (χ4v) is 2.07. The summed E-state index contributed by atoms with van der Waals surface area (Å²) < 4.78 is 0. The van der Waals surface area contributed by atoms with E-state index in [0.717, 1.165) is 11.8 Å². The van der Waals surface area contributed by atoms with Crippen LogP contribution in [0, 0.1) is 11.8 Å². The third-order valence-corrected chi connectivity index (χ3v) is 3.20. The molecule has 0 aromatic carbocycles. The molecule has 0 aromatic heterocycles. The summed E-state index contributed by atoms with van der Waals surface area (Å²) in [6, 6.07) is 0. The van der Waals surface area contributed by atoms with Gasteiger partial charge in [0.25, 0.3) is 0 Å². The maximum atomic E-state index is 3.44. The molecule has 0 radical (unpaired) electrons. The fraction of sp³-hybridized carbons (Fsp3) is 1.00. The van der Waals surface area contributed by atoms with E-state index in [1.54, 1.807) is 0 Å². The Balaban J connectivity index is 1.71. The second-order valence-corrected chi connectivity index (χ2v) is 4.38. The van der Waals surface area contributed by atoms with Crippen LogP contribution in [0.15, 0.2) is 0 Å². The van der Waals surface area contributed by atoms with E-state index in [0.29, 0.717) is 0 Å². The summed E-state index contributed by atoms with van der Waals surface area (Å²) in [5.74, 6) is 2.05. The lowest BCUT2D eigenvalue weighted by Crippen LogP contribution is -2.30. The van der Waals surface area contributed by atoms with Crippen molar-refractivity contribution < 1.29 is 0 Å². The molecule has 1 N–H and O–H groups in total. The summed E-state index contributed by atoms with van der Waals surface area (Å²) in [6.07, 6.45) is 2.81. The van der Waals surface area contributed by atoms with Gasteiger partial charge in [-0.2, -0.15) is 0 Å². The van der Waals surface area contributed by atoms with Gasteiger partial charge in [0, 0.05) is 19.6 Å². The summed E-state index contributed by atoms with van der Waals surface area (Å²) in [5.41, 5.74) is 0. The molecule has 2 fully saturated rings. The molecule has 2 nitrogen and oxygen atoms in total. The topological polar surface area (TPSA) is 15.3 Å². The quantitative estimate of drug-likeness (QED) is 0.660. The fourth-order valence-electron chi connectivity index (χ4n) is 2.07. The summed E-state index contributed by atoms with van der Waals surface area (Å²) in [4.78, 5) is 2.63. The zero-order chi connectivity index (χ0) is 8.39. The second-order valence-electron chi connectivity index (χ2n) is 4.38. The Bertz CT molecular complexity index is 139. The van der Waals surface area contributed by atoms with E-state index in [1.165, 1.54) is 45.6 Å². The average Bonchev–Trinajstić information content (AvgIpc) is 2.78. The molecule has 12 heavy (non-hydrogen) atoms. The van der Waals surface area contributed by atoms with Crippen molar-refractivity contribution in [2.24, 2.45) is 11.8 Å². The lowest BCUT2D eigenvalue weighted by atomic mass is 10.3. The van der Waals surface area contributed by atoms with Gasteiger partial charge in [-0.15, -0.1) is 0 Å². The molecule has 1 heterocycles. The van der Waals surface area contributed by atoms with Crippen LogP contribution in [-0.2, 0) is 0 Å². The van der Waals surface area contributed by atoms with Crippen LogP contribution in [0.1, 0.15) is 19.8 Å². The van der Waals surface area contributed by atoms with Gasteiger partial charge in [-0.05, 0) is 37.8 Å². The van der Waals surface area contributed by atoms with Gasteiger partial charge < -0.3 is 10.2 Å². The van der Waals surface area contributed by atoms with E-state index in [2.05, 4.69) is 17.1 Å². The molecule has 0 unspecified atom stereocenters. The predicted molar refractivity (Wildman–Crippen MR) is 51.2 cm³/mol. The highest BCUT2D eigenvalue weighted by Crippen LogP contribution is 2.38. The first-order valence-corrected chi connectivity index (χ1v) is 5.29. The van der Waals surface area contributed by atoms with Crippen molar-refractivity contribution in [2.75, 3.05) is 32.7 Å². The summed E-state index contributed by atoms with van der Waals surface area (Å²) in [7, 11) is 0. The minimum atomic E-state index is 1.02. The summed E-state index contributed by atoms with van der Waals surface area (Å²) in [5, 5.41) is 3.44. The number of rotatable bonds is 2. The molecule has 0 amide bonds. The molecule has 70 valence electrons. The van der Waals surface area contributed by atoms with Crippen molar-refractivity contribution >= 4 is 0 Å². The van der Waals surface area contributed by atoms with Crippen molar-refractivity contribution in [3.8, 4) is 0 Å². The molecule has 0 aromatic rings. The van der Waals surface area contributed by atoms with Gasteiger partial charge >= 0.3 is 0 Å². The Kier molecular flexibility index (Phi) is 2.66. The van der Waals surface area contributed by atoms with Crippen LogP contribution in [0.25, 0.3) is 0 Å². The van der Waals surface area contributed by atoms with Gasteiger partial charge in [-0.3, -0.25) is 0 Å². The molecule has 2 atom stereocenters. The summed E-state index contributed by atoms with van der Waals surface area (Å²) >= 11 is 0. The van der Waals surface area contributed by atoms with E-state index < -0.39 is 0 Å². The molecule has 0 spiro atoms. The molecule has 2 heteroatoms. The molecule has 0 bridgehead atoms. The first-order chi connectivity index (χ1) is 5.86. The van der Waals surface area contributed by atoms with E-state index in [1.807, 2.05) is 0 Å². The van der Waals surface area contributed by atoms with E-state index in [-0.39, 0.29) is 0 Å².